The van der Waals surface area contributed by atoms with E-state index >= 15 is 0 Å². The number of carbonyl (C=O) groups excluding carboxylic acids is 2. The Kier molecular flexibility index (Phi) is 13.3. The maximum atomic E-state index is 15.0. The van der Waals surface area contributed by atoms with E-state index in [4.69, 9.17) is 37.0 Å². The molecule has 2 saturated carbocycles. The van der Waals surface area contributed by atoms with Crippen molar-refractivity contribution in [2.24, 2.45) is 16.7 Å². The number of esters is 2. The minimum absolute atomic E-state index is 0.151. The molecule has 9 unspecified atom stereocenters. The molecule has 2 bridgehead atoms. The Bertz CT molecular complexity index is 1710. The van der Waals surface area contributed by atoms with Gasteiger partial charge in [0.15, 0.2) is 37.1 Å². The van der Waals surface area contributed by atoms with Crippen LogP contribution in [-0.4, -0.2) is 97.8 Å². The fourth-order valence-electron chi connectivity index (χ4n) is 12.3. The van der Waals surface area contributed by atoms with Crippen LogP contribution in [0.4, 0.5) is 0 Å². The van der Waals surface area contributed by atoms with E-state index in [1.54, 1.807) is 12.1 Å². The summed E-state index contributed by atoms with van der Waals surface area (Å²) in [7, 11) is -6.51. The summed E-state index contributed by atoms with van der Waals surface area (Å²) in [6, 6.07) is 15.0. The highest BCUT2D eigenvalue weighted by Gasteiger charge is 2.80. The highest BCUT2D eigenvalue weighted by atomic mass is 28.4. The smallest absolute Gasteiger partial charge is 0.338 e. The minimum atomic E-state index is -2.31. The highest BCUT2D eigenvalue weighted by Crippen LogP contribution is 2.69. The Hall–Kier alpha value is -1.69. The van der Waals surface area contributed by atoms with Crippen LogP contribution in [-0.2, 0) is 41.8 Å². The van der Waals surface area contributed by atoms with Crippen molar-refractivity contribution in [2.75, 3.05) is 6.61 Å². The van der Waals surface area contributed by atoms with Crippen molar-refractivity contribution in [1.82, 2.24) is 0 Å². The van der Waals surface area contributed by atoms with E-state index in [1.165, 1.54) is 6.92 Å². The predicted molar refractivity (Wildman–Crippen MR) is 238 cm³/mol. The molecule has 332 valence electrons. The largest absolute Gasteiger partial charge is 0.455 e. The second kappa shape index (κ2) is 16.8. The van der Waals surface area contributed by atoms with E-state index in [0.29, 0.717) is 18.4 Å². The molecular weight excluding hydrogens is 797 g/mol. The molecule has 2 saturated heterocycles. The van der Waals surface area contributed by atoms with Crippen LogP contribution >= 0.6 is 0 Å². The number of carbonyl (C=O) groups is 2. The van der Waals surface area contributed by atoms with Gasteiger partial charge in [-0.25, -0.2) is 4.79 Å². The lowest BCUT2D eigenvalue weighted by molar-refractivity contribution is -0.359. The third-order valence-electron chi connectivity index (χ3n) is 15.9. The molecule has 0 amide bonds. The molecule has 0 radical (unpaired) electrons. The van der Waals surface area contributed by atoms with Crippen LogP contribution in [0.3, 0.4) is 0 Å². The Balaban J connectivity index is 1.77. The zero-order chi connectivity index (χ0) is 43.6. The van der Waals surface area contributed by atoms with Crippen molar-refractivity contribution in [1.29, 1.82) is 0 Å². The summed E-state index contributed by atoms with van der Waals surface area (Å²) in [6.07, 6.45) is -2.34. The standard InChI is InChI=1S/C46H76O10Si3/c1-16-58(17-2,18-3)54-33-28-46(56-57(14)15)40(50-41(48)32-25-23-22-24-26-32)38-44(13,39-37(52-43(11,12)53-39)36(30(33)7)42(46,9)10)34(55-59(19-4,20-5)21-6)27-35-45(38,29-49-35)51-31(8)47/h22-26,33-35,37-40,57H,16-21,27-29H2,1-15H3/t33?,34?,35?,37?,38?,39?,40?,44-,45?,46?/m1/s1. The molecule has 0 aromatic heterocycles. The first-order valence-corrected chi connectivity index (χ1v) is 30.7. The van der Waals surface area contributed by atoms with E-state index < -0.39 is 102 Å². The Labute approximate surface area is 359 Å². The Morgan fingerprint density at radius 1 is 0.847 bits per heavy atom. The van der Waals surface area contributed by atoms with Gasteiger partial charge in [-0.2, -0.15) is 0 Å². The van der Waals surface area contributed by atoms with Crippen LogP contribution in [0, 0.1) is 16.7 Å². The summed E-state index contributed by atoms with van der Waals surface area (Å²) < 4.78 is 58.3. The van der Waals surface area contributed by atoms with Crippen molar-refractivity contribution in [3.05, 3.63) is 47.0 Å². The second-order valence-electron chi connectivity index (χ2n) is 19.8. The molecular formula is C46H76O10Si3. The summed E-state index contributed by atoms with van der Waals surface area (Å²) in [4.78, 5) is 28.6. The predicted octanol–water partition coefficient (Wildman–Crippen LogP) is 9.74. The first-order valence-electron chi connectivity index (χ1n) is 22.8. The number of hydrogen-bond donors (Lipinski definition) is 0. The van der Waals surface area contributed by atoms with Gasteiger partial charge in [0.1, 0.15) is 23.9 Å². The molecule has 4 fully saturated rings. The summed E-state index contributed by atoms with van der Waals surface area (Å²) >= 11 is 0. The SMILES string of the molecule is CC[Si](CC)(CC)OC1CC2(O[SiH](C)C)C(OC(=O)c3ccccc3)C3C4(OC(C)=O)COC4CC(O[Si](CC)(CC)CC)[C@@]3(C)C3OC(C)(C)OC3C(=C1C)C2(C)C. The van der Waals surface area contributed by atoms with Gasteiger partial charge >= 0.3 is 11.9 Å². The van der Waals surface area contributed by atoms with E-state index in [-0.39, 0.29) is 12.7 Å². The zero-order valence-corrected chi connectivity index (χ0v) is 42.1. The molecule has 1 aromatic carbocycles. The first-order chi connectivity index (χ1) is 27.6. The van der Waals surface area contributed by atoms with Crippen LogP contribution in [0.25, 0.3) is 0 Å². The lowest BCUT2D eigenvalue weighted by atomic mass is 9.44. The van der Waals surface area contributed by atoms with Gasteiger partial charge in [0.2, 0.25) is 0 Å². The molecule has 59 heavy (non-hydrogen) atoms. The summed E-state index contributed by atoms with van der Waals surface area (Å²) in [5.74, 6) is -2.53. The van der Waals surface area contributed by atoms with E-state index in [1.807, 2.05) is 32.0 Å². The fraction of sp³-hybridized carbons (Fsp3) is 0.783. The van der Waals surface area contributed by atoms with E-state index in [0.717, 1.165) is 47.4 Å². The van der Waals surface area contributed by atoms with Gasteiger partial charge in [-0.3, -0.25) is 4.79 Å². The third-order valence-corrected chi connectivity index (χ3v) is 26.1. The van der Waals surface area contributed by atoms with Gasteiger partial charge in [0.25, 0.3) is 0 Å². The van der Waals surface area contributed by atoms with Gasteiger partial charge in [0.05, 0.1) is 36.4 Å². The summed E-state index contributed by atoms with van der Waals surface area (Å²) in [5.41, 5.74) is -1.38. The van der Waals surface area contributed by atoms with Crippen LogP contribution < -0.4 is 0 Å². The minimum Gasteiger partial charge on any atom is -0.455 e. The monoisotopic (exact) mass is 872 g/mol. The van der Waals surface area contributed by atoms with E-state index in [9.17, 15) is 9.59 Å². The number of hydrogen-bond acceptors (Lipinski definition) is 10. The number of benzene rings is 1. The molecule has 0 spiro atoms. The number of fused-ring (bicyclic) bond motifs is 8. The lowest BCUT2D eigenvalue weighted by Gasteiger charge is -2.70. The van der Waals surface area contributed by atoms with Crippen LogP contribution in [0.1, 0.15) is 113 Å². The van der Waals surface area contributed by atoms with Gasteiger partial charge in [0, 0.05) is 30.6 Å². The number of rotatable bonds is 15. The average Bonchev–Trinajstić information content (AvgIpc) is 3.51. The molecule has 13 heteroatoms. The molecule has 1 aromatic rings. The van der Waals surface area contributed by atoms with Gasteiger partial charge in [-0.15, -0.1) is 0 Å². The highest BCUT2D eigenvalue weighted by molar-refractivity contribution is 6.74. The third kappa shape index (κ3) is 7.55. The van der Waals surface area contributed by atoms with Crippen LogP contribution in [0.2, 0.25) is 49.4 Å². The van der Waals surface area contributed by atoms with Crippen LogP contribution in [0.5, 0.6) is 0 Å². The molecule has 10 atom stereocenters. The Morgan fingerprint density at radius 2 is 1.42 bits per heavy atom. The molecule has 10 nitrogen and oxygen atoms in total. The van der Waals surface area contributed by atoms with Gasteiger partial charge < -0.3 is 37.0 Å². The van der Waals surface area contributed by atoms with Gasteiger partial charge in [-0.1, -0.05) is 80.5 Å². The molecule has 2 aliphatic heterocycles. The second-order valence-corrected chi connectivity index (χ2v) is 31.6. The summed E-state index contributed by atoms with van der Waals surface area (Å²) in [6.45, 7) is 32.5. The fourth-order valence-corrected chi connectivity index (χ4v) is 19.5. The van der Waals surface area contributed by atoms with Crippen molar-refractivity contribution >= 4 is 37.6 Å². The Morgan fingerprint density at radius 3 is 1.93 bits per heavy atom. The number of ether oxygens (including phenoxy) is 5. The topological polar surface area (TPSA) is 108 Å². The molecule has 2 heterocycles. The molecule has 6 rings (SSSR count). The molecule has 0 N–H and O–H groups in total. The first kappa shape index (κ1) is 46.8. The van der Waals surface area contributed by atoms with Gasteiger partial charge in [-0.05, 0) is 93.4 Å². The van der Waals surface area contributed by atoms with Crippen molar-refractivity contribution in [3.63, 3.8) is 0 Å². The quantitative estimate of drug-likeness (QED) is 0.0961. The molecule has 3 aliphatic carbocycles. The van der Waals surface area contributed by atoms with Crippen molar-refractivity contribution in [2.45, 2.75) is 206 Å². The molecule has 5 aliphatic rings. The zero-order valence-electron chi connectivity index (χ0n) is 39.0. The maximum Gasteiger partial charge on any atom is 0.338 e. The normalized spacial score (nSPS) is 36.1. The van der Waals surface area contributed by atoms with Crippen molar-refractivity contribution in [3.8, 4) is 0 Å². The lowest BCUT2D eigenvalue weighted by Crippen LogP contribution is -2.83. The van der Waals surface area contributed by atoms with E-state index in [2.05, 4.69) is 82.3 Å². The maximum absolute atomic E-state index is 15.0. The average molecular weight is 873 g/mol. The summed E-state index contributed by atoms with van der Waals surface area (Å²) in [5, 5.41) is 0. The van der Waals surface area contributed by atoms with Crippen LogP contribution in [0.15, 0.2) is 41.5 Å². The van der Waals surface area contributed by atoms with Crippen molar-refractivity contribution < 1.29 is 46.6 Å².